The lowest BCUT2D eigenvalue weighted by Gasteiger charge is -2.20. The zero-order valence-electron chi connectivity index (χ0n) is 11.5. The molecule has 0 saturated heterocycles. The molecule has 0 bridgehead atoms. The lowest BCUT2D eigenvalue weighted by molar-refractivity contribution is 0.0601. The van der Waals surface area contributed by atoms with Gasteiger partial charge < -0.3 is 15.4 Å². The molecule has 18 heavy (non-hydrogen) atoms. The van der Waals surface area contributed by atoms with Gasteiger partial charge in [-0.1, -0.05) is 6.07 Å². The number of rotatable bonds is 5. The third kappa shape index (κ3) is 5.19. The number of hydrogen-bond acceptors (Lipinski definition) is 4. The zero-order chi connectivity index (χ0) is 13.6. The van der Waals surface area contributed by atoms with Crippen LogP contribution in [-0.2, 0) is 4.74 Å². The Bertz CT molecular complexity index is 397. The molecular formula is C14H22N2O2. The average molecular weight is 250 g/mol. The molecule has 0 spiro atoms. The van der Waals surface area contributed by atoms with Crippen molar-refractivity contribution in [3.05, 3.63) is 29.8 Å². The molecule has 0 aromatic heterocycles. The van der Waals surface area contributed by atoms with Gasteiger partial charge in [0.1, 0.15) is 0 Å². The molecule has 0 aliphatic carbocycles. The predicted molar refractivity (Wildman–Crippen MR) is 74.0 cm³/mol. The highest BCUT2D eigenvalue weighted by Gasteiger charge is 2.08. The first kappa shape index (κ1) is 14.5. The summed E-state index contributed by atoms with van der Waals surface area (Å²) in [7, 11) is 1.38. The molecule has 0 heterocycles. The third-order valence-corrected chi connectivity index (χ3v) is 2.39. The summed E-state index contributed by atoms with van der Waals surface area (Å²) in [5.74, 6) is -0.313. The van der Waals surface area contributed by atoms with E-state index >= 15 is 0 Å². The van der Waals surface area contributed by atoms with E-state index in [1.165, 1.54) is 7.11 Å². The molecule has 4 nitrogen and oxygen atoms in total. The SMILES string of the molecule is COC(=O)c1cccc(NCCNC(C)(C)C)c1. The highest BCUT2D eigenvalue weighted by molar-refractivity contribution is 5.90. The Morgan fingerprint density at radius 1 is 1.28 bits per heavy atom. The standard InChI is InChI=1S/C14H22N2O2/c1-14(2,3)16-9-8-15-12-7-5-6-11(10-12)13(17)18-4/h5-7,10,15-16H,8-9H2,1-4H3. The third-order valence-electron chi connectivity index (χ3n) is 2.39. The summed E-state index contributed by atoms with van der Waals surface area (Å²) in [6, 6.07) is 7.31. The van der Waals surface area contributed by atoms with Gasteiger partial charge in [0, 0.05) is 24.3 Å². The normalized spacial score (nSPS) is 11.1. The molecule has 0 radical (unpaired) electrons. The number of esters is 1. The van der Waals surface area contributed by atoms with Crippen LogP contribution >= 0.6 is 0 Å². The van der Waals surface area contributed by atoms with Gasteiger partial charge in [0.25, 0.3) is 0 Å². The summed E-state index contributed by atoms with van der Waals surface area (Å²) in [6.45, 7) is 8.06. The Hall–Kier alpha value is -1.55. The Morgan fingerprint density at radius 3 is 2.61 bits per heavy atom. The second-order valence-electron chi connectivity index (χ2n) is 5.18. The first-order valence-corrected chi connectivity index (χ1v) is 6.09. The van der Waals surface area contributed by atoms with Gasteiger partial charge in [-0.25, -0.2) is 4.79 Å². The summed E-state index contributed by atoms with van der Waals surface area (Å²) >= 11 is 0. The van der Waals surface area contributed by atoms with E-state index in [1.807, 2.05) is 12.1 Å². The summed E-state index contributed by atoms with van der Waals surface area (Å²) in [5, 5.41) is 6.65. The van der Waals surface area contributed by atoms with Crippen LogP contribution in [0.4, 0.5) is 5.69 Å². The quantitative estimate of drug-likeness (QED) is 0.622. The first-order chi connectivity index (χ1) is 8.42. The van der Waals surface area contributed by atoms with Crippen molar-refractivity contribution in [3.63, 3.8) is 0 Å². The number of benzene rings is 1. The maximum absolute atomic E-state index is 11.4. The van der Waals surface area contributed by atoms with Gasteiger partial charge in [-0.2, -0.15) is 0 Å². The van der Waals surface area contributed by atoms with Gasteiger partial charge in [0.15, 0.2) is 0 Å². The molecule has 0 fully saturated rings. The van der Waals surface area contributed by atoms with Crippen LogP contribution in [0.25, 0.3) is 0 Å². The molecule has 1 aromatic carbocycles. The number of carbonyl (C=O) groups excluding carboxylic acids is 1. The van der Waals surface area contributed by atoms with Gasteiger partial charge in [-0.15, -0.1) is 0 Å². The van der Waals surface area contributed by atoms with Crippen LogP contribution in [0.1, 0.15) is 31.1 Å². The van der Waals surface area contributed by atoms with Crippen molar-refractivity contribution in [2.45, 2.75) is 26.3 Å². The fourth-order valence-corrected chi connectivity index (χ4v) is 1.52. The summed E-state index contributed by atoms with van der Waals surface area (Å²) in [4.78, 5) is 11.4. The van der Waals surface area contributed by atoms with E-state index in [0.717, 1.165) is 18.8 Å². The molecule has 0 aliphatic rings. The molecule has 1 rings (SSSR count). The first-order valence-electron chi connectivity index (χ1n) is 6.09. The number of methoxy groups -OCH3 is 1. The van der Waals surface area contributed by atoms with E-state index in [1.54, 1.807) is 12.1 Å². The van der Waals surface area contributed by atoms with Crippen LogP contribution in [0.3, 0.4) is 0 Å². The van der Waals surface area contributed by atoms with Gasteiger partial charge >= 0.3 is 5.97 Å². The Labute approximate surface area is 109 Å². The van der Waals surface area contributed by atoms with Crippen LogP contribution in [-0.4, -0.2) is 31.7 Å². The molecular weight excluding hydrogens is 228 g/mol. The van der Waals surface area contributed by atoms with E-state index in [4.69, 9.17) is 0 Å². The minimum Gasteiger partial charge on any atom is -0.465 e. The summed E-state index contributed by atoms with van der Waals surface area (Å²) in [6.07, 6.45) is 0. The molecule has 0 amide bonds. The lowest BCUT2D eigenvalue weighted by Crippen LogP contribution is -2.38. The summed E-state index contributed by atoms with van der Waals surface area (Å²) < 4.78 is 4.68. The topological polar surface area (TPSA) is 50.4 Å². The van der Waals surface area contributed by atoms with Crippen molar-refractivity contribution in [1.29, 1.82) is 0 Å². The molecule has 1 aromatic rings. The van der Waals surface area contributed by atoms with Crippen molar-refractivity contribution >= 4 is 11.7 Å². The second kappa shape index (κ2) is 6.40. The predicted octanol–water partition coefficient (Wildman–Crippen LogP) is 2.27. The van der Waals surface area contributed by atoms with Crippen LogP contribution < -0.4 is 10.6 Å². The van der Waals surface area contributed by atoms with E-state index in [2.05, 4.69) is 36.1 Å². The van der Waals surface area contributed by atoms with Crippen molar-refractivity contribution in [2.24, 2.45) is 0 Å². The minimum atomic E-state index is -0.313. The number of anilines is 1. The van der Waals surface area contributed by atoms with Crippen LogP contribution in [0, 0.1) is 0 Å². The Kier molecular flexibility index (Phi) is 5.16. The summed E-state index contributed by atoms with van der Waals surface area (Å²) in [5.41, 5.74) is 1.61. The van der Waals surface area contributed by atoms with Crippen LogP contribution in [0.5, 0.6) is 0 Å². The Balaban J connectivity index is 2.45. The van der Waals surface area contributed by atoms with Crippen molar-refractivity contribution in [1.82, 2.24) is 5.32 Å². The highest BCUT2D eigenvalue weighted by atomic mass is 16.5. The fourth-order valence-electron chi connectivity index (χ4n) is 1.52. The maximum Gasteiger partial charge on any atom is 0.337 e. The van der Waals surface area contributed by atoms with Crippen LogP contribution in [0.15, 0.2) is 24.3 Å². The molecule has 0 aliphatic heterocycles. The smallest absolute Gasteiger partial charge is 0.337 e. The van der Waals surface area contributed by atoms with Crippen LogP contribution in [0.2, 0.25) is 0 Å². The molecule has 0 atom stereocenters. The number of ether oxygens (including phenoxy) is 1. The monoisotopic (exact) mass is 250 g/mol. The van der Waals surface area contributed by atoms with Gasteiger partial charge in [-0.05, 0) is 39.0 Å². The van der Waals surface area contributed by atoms with Gasteiger partial charge in [0.05, 0.1) is 12.7 Å². The number of carbonyl (C=O) groups is 1. The lowest BCUT2D eigenvalue weighted by atomic mass is 10.1. The fraction of sp³-hybridized carbons (Fsp3) is 0.500. The minimum absolute atomic E-state index is 0.121. The van der Waals surface area contributed by atoms with Gasteiger partial charge in [0.2, 0.25) is 0 Å². The molecule has 0 unspecified atom stereocenters. The number of hydrogen-bond donors (Lipinski definition) is 2. The van der Waals surface area contributed by atoms with Crippen molar-refractivity contribution in [3.8, 4) is 0 Å². The molecule has 2 N–H and O–H groups in total. The molecule has 4 heteroatoms. The second-order valence-corrected chi connectivity index (χ2v) is 5.18. The highest BCUT2D eigenvalue weighted by Crippen LogP contribution is 2.11. The average Bonchev–Trinajstić information content (AvgIpc) is 2.33. The van der Waals surface area contributed by atoms with Crippen molar-refractivity contribution in [2.75, 3.05) is 25.5 Å². The van der Waals surface area contributed by atoms with E-state index < -0.39 is 0 Å². The zero-order valence-corrected chi connectivity index (χ0v) is 11.5. The Morgan fingerprint density at radius 2 is 2.00 bits per heavy atom. The number of nitrogens with one attached hydrogen (secondary N) is 2. The largest absolute Gasteiger partial charge is 0.465 e. The van der Waals surface area contributed by atoms with Gasteiger partial charge in [-0.3, -0.25) is 0 Å². The van der Waals surface area contributed by atoms with Crippen molar-refractivity contribution < 1.29 is 9.53 Å². The van der Waals surface area contributed by atoms with E-state index in [-0.39, 0.29) is 11.5 Å². The van der Waals surface area contributed by atoms with E-state index in [0.29, 0.717) is 5.56 Å². The maximum atomic E-state index is 11.4. The van der Waals surface area contributed by atoms with E-state index in [9.17, 15) is 4.79 Å². The molecule has 100 valence electrons. The molecule has 0 saturated carbocycles.